The highest BCUT2D eigenvalue weighted by Gasteiger charge is 2.16. The number of likely N-dealkylation sites (N-methyl/N-ethyl adjacent to an activating group) is 1. The summed E-state index contributed by atoms with van der Waals surface area (Å²) in [6.07, 6.45) is 3.66. The van der Waals surface area contributed by atoms with Crippen LogP contribution in [-0.4, -0.2) is 34.4 Å². The van der Waals surface area contributed by atoms with Crippen molar-refractivity contribution in [1.29, 1.82) is 0 Å². The number of hydrogen-bond donors (Lipinski definition) is 0. The second kappa shape index (κ2) is 6.04. The van der Waals surface area contributed by atoms with Crippen molar-refractivity contribution in [1.82, 2.24) is 14.9 Å². The van der Waals surface area contributed by atoms with Crippen molar-refractivity contribution in [3.8, 4) is 0 Å². The summed E-state index contributed by atoms with van der Waals surface area (Å²) in [5.74, 6) is -1.11. The predicted molar refractivity (Wildman–Crippen MR) is 69.1 cm³/mol. The predicted octanol–water partition coefficient (Wildman–Crippen LogP) is 1.93. The molecule has 4 nitrogen and oxygen atoms in total. The summed E-state index contributed by atoms with van der Waals surface area (Å²) < 4.78 is 13.4. The average Bonchev–Trinajstić information content (AvgIpc) is 2.45. The van der Waals surface area contributed by atoms with Crippen molar-refractivity contribution in [2.45, 2.75) is 6.42 Å². The van der Waals surface area contributed by atoms with Gasteiger partial charge in [0.15, 0.2) is 0 Å². The summed E-state index contributed by atoms with van der Waals surface area (Å²) in [5.41, 5.74) is 0.889. The summed E-state index contributed by atoms with van der Waals surface area (Å²) >= 11 is 0. The van der Waals surface area contributed by atoms with Crippen LogP contribution in [0.15, 0.2) is 42.7 Å². The monoisotopic (exact) mass is 259 g/mol. The molecule has 0 bridgehead atoms. The normalized spacial score (nSPS) is 10.2. The Balaban J connectivity index is 1.99. The fourth-order valence-electron chi connectivity index (χ4n) is 1.68. The maximum absolute atomic E-state index is 13.4. The molecular weight excluding hydrogens is 245 g/mol. The van der Waals surface area contributed by atoms with Crippen LogP contribution in [0.1, 0.15) is 16.1 Å². The summed E-state index contributed by atoms with van der Waals surface area (Å²) in [4.78, 5) is 21.1. The molecule has 0 saturated heterocycles. The molecule has 2 rings (SSSR count). The summed E-state index contributed by atoms with van der Waals surface area (Å²) in [6.45, 7) is 0.476. The van der Waals surface area contributed by atoms with Crippen LogP contribution >= 0.6 is 0 Å². The summed E-state index contributed by atoms with van der Waals surface area (Å²) in [6, 6.07) is 8.60. The Morgan fingerprint density at radius 2 is 2.00 bits per heavy atom. The maximum Gasteiger partial charge on any atom is 0.258 e. The molecule has 0 radical (unpaired) electrons. The van der Waals surface area contributed by atoms with Gasteiger partial charge in [0.2, 0.25) is 5.95 Å². The lowest BCUT2D eigenvalue weighted by atomic mass is 10.2. The first-order chi connectivity index (χ1) is 9.18. The van der Waals surface area contributed by atoms with Gasteiger partial charge in [0.05, 0.1) is 5.56 Å². The Kier molecular flexibility index (Phi) is 4.18. The van der Waals surface area contributed by atoms with Crippen LogP contribution < -0.4 is 0 Å². The van der Waals surface area contributed by atoms with E-state index in [4.69, 9.17) is 0 Å². The maximum atomic E-state index is 13.4. The first-order valence-electron chi connectivity index (χ1n) is 5.94. The molecule has 0 fully saturated rings. The molecule has 0 N–H and O–H groups in total. The molecule has 2 aromatic rings. The van der Waals surface area contributed by atoms with Gasteiger partial charge in [0.25, 0.3) is 5.91 Å². The van der Waals surface area contributed by atoms with E-state index in [-0.39, 0.29) is 11.5 Å². The van der Waals surface area contributed by atoms with E-state index in [9.17, 15) is 9.18 Å². The largest absolute Gasteiger partial charge is 0.341 e. The third-order valence-corrected chi connectivity index (χ3v) is 2.77. The van der Waals surface area contributed by atoms with Crippen molar-refractivity contribution in [3.05, 3.63) is 59.9 Å². The fraction of sp³-hybridized carbons (Fsp3) is 0.214. The number of amides is 1. The number of rotatable bonds is 4. The fourth-order valence-corrected chi connectivity index (χ4v) is 1.68. The lowest BCUT2D eigenvalue weighted by molar-refractivity contribution is 0.0790. The van der Waals surface area contributed by atoms with Gasteiger partial charge in [-0.1, -0.05) is 6.07 Å². The van der Waals surface area contributed by atoms with Crippen LogP contribution in [-0.2, 0) is 6.42 Å². The van der Waals surface area contributed by atoms with E-state index in [0.717, 1.165) is 5.69 Å². The topological polar surface area (TPSA) is 46.1 Å². The van der Waals surface area contributed by atoms with Gasteiger partial charge in [-0.2, -0.15) is 4.39 Å². The van der Waals surface area contributed by atoms with E-state index in [1.165, 1.54) is 17.2 Å². The second-order valence-corrected chi connectivity index (χ2v) is 4.14. The van der Waals surface area contributed by atoms with E-state index < -0.39 is 5.95 Å². The van der Waals surface area contributed by atoms with Crippen LogP contribution in [0, 0.1) is 5.95 Å². The molecule has 2 heterocycles. The molecule has 0 aliphatic heterocycles. The smallest absolute Gasteiger partial charge is 0.258 e. The van der Waals surface area contributed by atoms with Crippen molar-refractivity contribution in [3.63, 3.8) is 0 Å². The highest BCUT2D eigenvalue weighted by Crippen LogP contribution is 2.07. The molecular formula is C14H14FN3O. The Hall–Kier alpha value is -2.30. The van der Waals surface area contributed by atoms with E-state index in [1.54, 1.807) is 19.3 Å². The van der Waals surface area contributed by atoms with Gasteiger partial charge in [-0.15, -0.1) is 0 Å². The van der Waals surface area contributed by atoms with Gasteiger partial charge in [0, 0.05) is 38.1 Å². The van der Waals surface area contributed by atoms with Crippen molar-refractivity contribution in [2.75, 3.05) is 13.6 Å². The minimum atomic E-state index is -0.739. The van der Waals surface area contributed by atoms with Crippen molar-refractivity contribution >= 4 is 5.91 Å². The van der Waals surface area contributed by atoms with Gasteiger partial charge in [-0.3, -0.25) is 9.78 Å². The number of nitrogens with zero attached hydrogens (tertiary/aromatic N) is 3. The van der Waals surface area contributed by atoms with Crippen molar-refractivity contribution < 1.29 is 9.18 Å². The standard InChI is InChI=1S/C14H14FN3O/c1-18(10-7-11-5-2-3-8-16-11)14(19)12-6-4-9-17-13(12)15/h2-6,8-9H,7,10H2,1H3. The molecule has 5 heteroatoms. The van der Waals surface area contributed by atoms with Gasteiger partial charge in [-0.25, -0.2) is 4.98 Å². The van der Waals surface area contributed by atoms with E-state index in [0.29, 0.717) is 13.0 Å². The number of pyridine rings is 2. The molecule has 19 heavy (non-hydrogen) atoms. The molecule has 98 valence electrons. The van der Waals surface area contributed by atoms with Gasteiger partial charge >= 0.3 is 0 Å². The average molecular weight is 259 g/mol. The minimum Gasteiger partial charge on any atom is -0.341 e. The zero-order valence-corrected chi connectivity index (χ0v) is 10.6. The highest BCUT2D eigenvalue weighted by atomic mass is 19.1. The lowest BCUT2D eigenvalue weighted by Gasteiger charge is -2.16. The van der Waals surface area contributed by atoms with Crippen LogP contribution in [0.5, 0.6) is 0 Å². The molecule has 0 aliphatic carbocycles. The van der Waals surface area contributed by atoms with Gasteiger partial charge in [0.1, 0.15) is 0 Å². The van der Waals surface area contributed by atoms with Gasteiger partial charge < -0.3 is 4.90 Å². The summed E-state index contributed by atoms with van der Waals surface area (Å²) in [5, 5.41) is 0. The number of aromatic nitrogens is 2. The number of hydrogen-bond acceptors (Lipinski definition) is 3. The second-order valence-electron chi connectivity index (χ2n) is 4.14. The zero-order chi connectivity index (χ0) is 13.7. The molecule has 0 atom stereocenters. The number of halogens is 1. The first-order valence-corrected chi connectivity index (χ1v) is 5.94. The Morgan fingerprint density at radius 3 is 2.68 bits per heavy atom. The van der Waals surface area contributed by atoms with Crippen LogP contribution in [0.2, 0.25) is 0 Å². The Morgan fingerprint density at radius 1 is 1.21 bits per heavy atom. The third kappa shape index (κ3) is 3.34. The minimum absolute atomic E-state index is 0.00831. The van der Waals surface area contributed by atoms with Gasteiger partial charge in [-0.05, 0) is 24.3 Å². The third-order valence-electron chi connectivity index (χ3n) is 2.77. The Labute approximate surface area is 110 Å². The highest BCUT2D eigenvalue weighted by molar-refractivity contribution is 5.93. The zero-order valence-electron chi connectivity index (χ0n) is 10.6. The van der Waals surface area contributed by atoms with Crippen LogP contribution in [0.4, 0.5) is 4.39 Å². The Bertz CT molecular complexity index is 560. The SMILES string of the molecule is CN(CCc1ccccn1)C(=O)c1cccnc1F. The number of carbonyl (C=O) groups excluding carboxylic acids is 1. The first kappa shape index (κ1) is 13.1. The molecule has 1 amide bonds. The van der Waals surface area contributed by atoms with E-state index in [1.807, 2.05) is 18.2 Å². The van der Waals surface area contributed by atoms with Crippen molar-refractivity contribution in [2.24, 2.45) is 0 Å². The molecule has 0 aromatic carbocycles. The van der Waals surface area contributed by atoms with E-state index in [2.05, 4.69) is 9.97 Å². The molecule has 0 spiro atoms. The van der Waals surface area contributed by atoms with Crippen LogP contribution in [0.3, 0.4) is 0 Å². The van der Waals surface area contributed by atoms with Crippen LogP contribution in [0.25, 0.3) is 0 Å². The molecule has 0 saturated carbocycles. The lowest BCUT2D eigenvalue weighted by Crippen LogP contribution is -2.29. The number of carbonyl (C=O) groups is 1. The molecule has 0 unspecified atom stereocenters. The molecule has 2 aromatic heterocycles. The summed E-state index contributed by atoms with van der Waals surface area (Å²) in [7, 11) is 1.64. The van der Waals surface area contributed by atoms with E-state index >= 15 is 0 Å². The molecule has 0 aliphatic rings. The quantitative estimate of drug-likeness (QED) is 0.788.